The maximum absolute atomic E-state index is 5.53. The van der Waals surface area contributed by atoms with E-state index in [1.165, 1.54) is 16.8 Å². The number of rotatable bonds is 4. The third-order valence-corrected chi connectivity index (χ3v) is 4.90. The molecule has 0 radical (unpaired) electrons. The number of ether oxygens (including phenoxy) is 3. The molecule has 4 heteroatoms. The van der Waals surface area contributed by atoms with Crippen molar-refractivity contribution >= 4 is 16.5 Å². The fraction of sp³-hybridized carbons (Fsp3) is 0.273. The Hall–Kier alpha value is -2.72. The molecule has 0 aliphatic carbocycles. The molecule has 0 unspecified atom stereocenters. The van der Waals surface area contributed by atoms with Gasteiger partial charge < -0.3 is 19.1 Å². The van der Waals surface area contributed by atoms with Crippen molar-refractivity contribution in [3.8, 4) is 22.6 Å². The van der Waals surface area contributed by atoms with Crippen molar-refractivity contribution < 1.29 is 14.2 Å². The molecule has 0 saturated carbocycles. The molecule has 1 aliphatic heterocycles. The van der Waals surface area contributed by atoms with E-state index in [4.69, 9.17) is 14.2 Å². The Labute approximate surface area is 153 Å². The third kappa shape index (κ3) is 3.08. The Morgan fingerprint density at radius 2 is 1.54 bits per heavy atom. The van der Waals surface area contributed by atoms with Crippen molar-refractivity contribution in [1.29, 1.82) is 0 Å². The standard InChI is InChI=1S/C22H23NO3/c1-24-21-13-17-12-18(23-8-10-26-11-9-23)14-19(16-6-4-3-5-7-16)20(17)15-22(21)25-2/h3-7,12-15H,8-11H2,1-2H3. The van der Waals surface area contributed by atoms with Crippen LogP contribution in [0.1, 0.15) is 0 Å². The predicted octanol–water partition coefficient (Wildman–Crippen LogP) is 4.36. The van der Waals surface area contributed by atoms with E-state index < -0.39 is 0 Å². The lowest BCUT2D eigenvalue weighted by Crippen LogP contribution is -2.36. The van der Waals surface area contributed by atoms with Crippen molar-refractivity contribution in [3.05, 3.63) is 54.6 Å². The minimum absolute atomic E-state index is 0.747. The fourth-order valence-corrected chi connectivity index (χ4v) is 3.53. The Morgan fingerprint density at radius 3 is 2.23 bits per heavy atom. The Kier molecular flexibility index (Phi) is 4.67. The van der Waals surface area contributed by atoms with Crippen molar-refractivity contribution in [1.82, 2.24) is 0 Å². The van der Waals surface area contributed by atoms with Gasteiger partial charge in [0.2, 0.25) is 0 Å². The molecule has 0 spiro atoms. The first kappa shape index (κ1) is 16.7. The first-order valence-corrected chi connectivity index (χ1v) is 8.88. The zero-order chi connectivity index (χ0) is 17.9. The molecule has 4 rings (SSSR count). The van der Waals surface area contributed by atoms with Crippen LogP contribution >= 0.6 is 0 Å². The maximum atomic E-state index is 5.53. The molecule has 0 atom stereocenters. The van der Waals surface area contributed by atoms with Crippen LogP contribution < -0.4 is 14.4 Å². The van der Waals surface area contributed by atoms with Crippen molar-refractivity contribution in [2.75, 3.05) is 45.4 Å². The summed E-state index contributed by atoms with van der Waals surface area (Å²) in [6.07, 6.45) is 0. The lowest BCUT2D eigenvalue weighted by molar-refractivity contribution is 0.122. The van der Waals surface area contributed by atoms with E-state index >= 15 is 0 Å². The summed E-state index contributed by atoms with van der Waals surface area (Å²) in [5.74, 6) is 1.49. The molecule has 0 bridgehead atoms. The maximum Gasteiger partial charge on any atom is 0.161 e. The molecule has 0 amide bonds. The molecule has 4 nitrogen and oxygen atoms in total. The summed E-state index contributed by atoms with van der Waals surface area (Å²) in [7, 11) is 3.35. The van der Waals surface area contributed by atoms with Crippen LogP contribution in [-0.4, -0.2) is 40.5 Å². The monoisotopic (exact) mass is 349 g/mol. The molecule has 0 N–H and O–H groups in total. The number of methoxy groups -OCH3 is 2. The van der Waals surface area contributed by atoms with E-state index in [0.29, 0.717) is 0 Å². The molecule has 134 valence electrons. The van der Waals surface area contributed by atoms with Crippen molar-refractivity contribution in [2.24, 2.45) is 0 Å². The molecule has 0 aromatic heterocycles. The number of morpholine rings is 1. The van der Waals surface area contributed by atoms with E-state index in [1.807, 2.05) is 6.07 Å². The summed E-state index contributed by atoms with van der Waals surface area (Å²) < 4.78 is 16.6. The van der Waals surface area contributed by atoms with E-state index in [2.05, 4.69) is 53.4 Å². The summed E-state index contributed by atoms with van der Waals surface area (Å²) in [5, 5.41) is 2.30. The van der Waals surface area contributed by atoms with Crippen LogP contribution in [0.3, 0.4) is 0 Å². The van der Waals surface area contributed by atoms with Crippen LogP contribution in [-0.2, 0) is 4.74 Å². The summed E-state index contributed by atoms with van der Waals surface area (Å²) >= 11 is 0. The number of anilines is 1. The second kappa shape index (κ2) is 7.26. The smallest absolute Gasteiger partial charge is 0.161 e. The zero-order valence-electron chi connectivity index (χ0n) is 15.2. The summed E-state index contributed by atoms with van der Waals surface area (Å²) in [5.41, 5.74) is 3.61. The molecule has 3 aromatic carbocycles. The SMILES string of the molecule is COc1cc2cc(N3CCOCC3)cc(-c3ccccc3)c2cc1OC. The highest BCUT2D eigenvalue weighted by Gasteiger charge is 2.16. The molecule has 3 aromatic rings. The van der Waals surface area contributed by atoms with Gasteiger partial charge in [-0.05, 0) is 46.2 Å². The molecular weight excluding hydrogens is 326 g/mol. The summed E-state index contributed by atoms with van der Waals surface area (Å²) in [4.78, 5) is 2.38. The summed E-state index contributed by atoms with van der Waals surface area (Å²) in [6.45, 7) is 3.36. The average molecular weight is 349 g/mol. The largest absolute Gasteiger partial charge is 0.493 e. The van der Waals surface area contributed by atoms with Crippen LogP contribution in [0.5, 0.6) is 11.5 Å². The predicted molar refractivity (Wildman–Crippen MR) is 106 cm³/mol. The van der Waals surface area contributed by atoms with Gasteiger partial charge in [-0.15, -0.1) is 0 Å². The average Bonchev–Trinajstić information content (AvgIpc) is 2.73. The molecule has 1 fully saturated rings. The minimum Gasteiger partial charge on any atom is -0.493 e. The third-order valence-electron chi connectivity index (χ3n) is 4.90. The second-order valence-electron chi connectivity index (χ2n) is 6.39. The van der Waals surface area contributed by atoms with Crippen LogP contribution in [0.15, 0.2) is 54.6 Å². The van der Waals surface area contributed by atoms with Crippen LogP contribution in [0, 0.1) is 0 Å². The van der Waals surface area contributed by atoms with E-state index in [0.717, 1.165) is 48.6 Å². The van der Waals surface area contributed by atoms with Crippen LogP contribution in [0.4, 0.5) is 5.69 Å². The first-order chi connectivity index (χ1) is 12.8. The van der Waals surface area contributed by atoms with E-state index in [9.17, 15) is 0 Å². The number of hydrogen-bond donors (Lipinski definition) is 0. The molecule has 1 saturated heterocycles. The van der Waals surface area contributed by atoms with Gasteiger partial charge in [0, 0.05) is 18.8 Å². The Bertz CT molecular complexity index is 902. The molecule has 1 heterocycles. The fourth-order valence-electron chi connectivity index (χ4n) is 3.53. The van der Waals surface area contributed by atoms with Gasteiger partial charge in [-0.1, -0.05) is 30.3 Å². The van der Waals surface area contributed by atoms with Crippen LogP contribution in [0.25, 0.3) is 21.9 Å². The number of nitrogens with zero attached hydrogens (tertiary/aromatic N) is 1. The van der Waals surface area contributed by atoms with Gasteiger partial charge in [0.05, 0.1) is 27.4 Å². The van der Waals surface area contributed by atoms with Gasteiger partial charge in [-0.25, -0.2) is 0 Å². The molecule has 1 aliphatic rings. The quantitative estimate of drug-likeness (QED) is 0.700. The Morgan fingerprint density at radius 1 is 0.846 bits per heavy atom. The topological polar surface area (TPSA) is 30.9 Å². The van der Waals surface area contributed by atoms with Crippen molar-refractivity contribution in [2.45, 2.75) is 0 Å². The van der Waals surface area contributed by atoms with Gasteiger partial charge in [0.1, 0.15) is 0 Å². The highest BCUT2D eigenvalue weighted by molar-refractivity contribution is 6.01. The summed E-state index contributed by atoms with van der Waals surface area (Å²) in [6, 6.07) is 19.1. The zero-order valence-corrected chi connectivity index (χ0v) is 15.2. The first-order valence-electron chi connectivity index (χ1n) is 8.88. The van der Waals surface area contributed by atoms with Gasteiger partial charge in [0.25, 0.3) is 0 Å². The van der Waals surface area contributed by atoms with E-state index in [-0.39, 0.29) is 0 Å². The molecule has 26 heavy (non-hydrogen) atoms. The normalized spacial score (nSPS) is 14.5. The number of hydrogen-bond acceptors (Lipinski definition) is 4. The highest BCUT2D eigenvalue weighted by Crippen LogP contribution is 2.39. The van der Waals surface area contributed by atoms with Crippen LogP contribution in [0.2, 0.25) is 0 Å². The second-order valence-corrected chi connectivity index (χ2v) is 6.39. The minimum atomic E-state index is 0.747. The number of fused-ring (bicyclic) bond motifs is 1. The Balaban J connectivity index is 1.95. The highest BCUT2D eigenvalue weighted by atomic mass is 16.5. The van der Waals surface area contributed by atoms with Gasteiger partial charge in [-0.2, -0.15) is 0 Å². The van der Waals surface area contributed by atoms with E-state index in [1.54, 1.807) is 14.2 Å². The lowest BCUT2D eigenvalue weighted by atomic mass is 9.96. The lowest BCUT2D eigenvalue weighted by Gasteiger charge is -2.29. The van der Waals surface area contributed by atoms with Crippen molar-refractivity contribution in [3.63, 3.8) is 0 Å². The van der Waals surface area contributed by atoms with Gasteiger partial charge >= 0.3 is 0 Å². The van der Waals surface area contributed by atoms with Gasteiger partial charge in [-0.3, -0.25) is 0 Å². The van der Waals surface area contributed by atoms with Gasteiger partial charge in [0.15, 0.2) is 11.5 Å². The molecular formula is C22H23NO3. The number of benzene rings is 3.